The Morgan fingerprint density at radius 2 is 2.00 bits per heavy atom. The molecule has 8 heteroatoms. The minimum Gasteiger partial charge on any atom is -0.478 e. The van der Waals surface area contributed by atoms with Gasteiger partial charge in [0.15, 0.2) is 11.0 Å². The van der Waals surface area contributed by atoms with E-state index in [-0.39, 0.29) is 21.1 Å². The number of allylic oxidation sites excluding steroid dienone is 1. The second-order valence-electron chi connectivity index (χ2n) is 5.29. The van der Waals surface area contributed by atoms with Crippen LogP contribution in [0.1, 0.15) is 26.3 Å². The third kappa shape index (κ3) is 3.08. The Morgan fingerprint density at radius 3 is 2.64 bits per heavy atom. The van der Waals surface area contributed by atoms with Gasteiger partial charge in [0.25, 0.3) is 0 Å². The van der Waals surface area contributed by atoms with Crippen molar-refractivity contribution in [3.63, 3.8) is 0 Å². The van der Waals surface area contributed by atoms with Gasteiger partial charge in [0.05, 0.1) is 16.3 Å². The van der Waals surface area contributed by atoms with Gasteiger partial charge in [0.1, 0.15) is 10.7 Å². The van der Waals surface area contributed by atoms with Crippen molar-refractivity contribution < 1.29 is 23.3 Å². The van der Waals surface area contributed by atoms with Gasteiger partial charge >= 0.3 is 5.97 Å². The van der Waals surface area contributed by atoms with E-state index in [0.29, 0.717) is 11.3 Å². The summed E-state index contributed by atoms with van der Waals surface area (Å²) in [5.74, 6) is -2.32. The van der Waals surface area contributed by atoms with Crippen LogP contribution in [0.4, 0.5) is 10.1 Å². The van der Waals surface area contributed by atoms with Crippen LogP contribution in [0.2, 0.25) is 5.02 Å². The predicted molar refractivity (Wildman–Crippen MR) is 93.7 cm³/mol. The maximum Gasteiger partial charge on any atom is 0.335 e. The molecule has 0 bridgehead atoms. The van der Waals surface area contributed by atoms with E-state index in [1.807, 2.05) is 0 Å². The van der Waals surface area contributed by atoms with Gasteiger partial charge in [0, 0.05) is 12.6 Å². The largest absolute Gasteiger partial charge is 0.478 e. The van der Waals surface area contributed by atoms with E-state index in [2.05, 4.69) is 0 Å². The summed E-state index contributed by atoms with van der Waals surface area (Å²) in [6, 6.07) is 7.90. The molecule has 128 valence electrons. The Balaban J connectivity index is 2.13. The van der Waals surface area contributed by atoms with E-state index in [1.54, 1.807) is 0 Å². The Bertz CT molecular complexity index is 973. The molecular formula is C17H11ClFNO4S. The first-order chi connectivity index (χ1) is 11.8. The summed E-state index contributed by atoms with van der Waals surface area (Å²) in [6.45, 7) is 0. The molecule has 1 unspecified atom stereocenters. The van der Waals surface area contributed by atoms with Gasteiger partial charge in [-0.25, -0.2) is 13.4 Å². The number of halogens is 2. The third-order valence-electron chi connectivity index (χ3n) is 3.73. The van der Waals surface area contributed by atoms with Crippen molar-refractivity contribution in [2.75, 3.05) is 11.4 Å². The zero-order valence-corrected chi connectivity index (χ0v) is 14.4. The van der Waals surface area contributed by atoms with Gasteiger partial charge in [-0.3, -0.25) is 9.10 Å². The smallest absolute Gasteiger partial charge is 0.335 e. The number of fused-ring (bicyclic) bond motifs is 1. The quantitative estimate of drug-likeness (QED) is 0.810. The first-order valence-corrected chi connectivity index (χ1v) is 8.52. The van der Waals surface area contributed by atoms with E-state index < -0.39 is 28.6 Å². The van der Waals surface area contributed by atoms with E-state index >= 15 is 0 Å². The van der Waals surface area contributed by atoms with Crippen LogP contribution in [-0.2, 0) is 11.0 Å². The minimum atomic E-state index is -1.78. The number of hydrogen-bond donors (Lipinski definition) is 1. The highest BCUT2D eigenvalue weighted by atomic mass is 35.5. The van der Waals surface area contributed by atoms with Crippen molar-refractivity contribution in [2.45, 2.75) is 0 Å². The summed E-state index contributed by atoms with van der Waals surface area (Å²) in [7, 11) is -0.248. The number of aromatic carboxylic acids is 1. The third-order valence-corrected chi connectivity index (χ3v) is 5.39. The zero-order chi connectivity index (χ0) is 18.3. The molecule has 0 fully saturated rings. The van der Waals surface area contributed by atoms with E-state index in [0.717, 1.165) is 6.07 Å². The fraction of sp³-hybridized carbons (Fsp3) is 0.0588. The van der Waals surface area contributed by atoms with E-state index in [9.17, 15) is 18.2 Å². The molecule has 0 amide bonds. The normalized spacial score (nSPS) is 18.4. The number of carboxylic acid groups (broad SMARTS) is 1. The first kappa shape index (κ1) is 17.3. The topological polar surface area (TPSA) is 74.7 Å². The van der Waals surface area contributed by atoms with Crippen LogP contribution in [0, 0.1) is 5.82 Å². The summed E-state index contributed by atoms with van der Waals surface area (Å²) in [6.07, 6.45) is 1.36. The van der Waals surface area contributed by atoms with Crippen molar-refractivity contribution in [1.29, 1.82) is 0 Å². The molecule has 1 aliphatic heterocycles. The van der Waals surface area contributed by atoms with Gasteiger partial charge in [-0.2, -0.15) is 0 Å². The molecule has 1 N–H and O–H groups in total. The number of anilines is 1. The Labute approximate surface area is 149 Å². The maximum absolute atomic E-state index is 13.3. The summed E-state index contributed by atoms with van der Waals surface area (Å²) < 4.78 is 27.2. The molecule has 2 aromatic carbocycles. The average molecular weight is 380 g/mol. The van der Waals surface area contributed by atoms with Crippen LogP contribution in [0.15, 0.2) is 41.3 Å². The lowest BCUT2D eigenvalue weighted by Gasteiger charge is -2.27. The van der Waals surface area contributed by atoms with Gasteiger partial charge in [-0.05, 0) is 42.0 Å². The monoisotopic (exact) mass is 379 g/mol. The Hall–Kier alpha value is -2.51. The molecule has 0 radical (unpaired) electrons. The van der Waals surface area contributed by atoms with Crippen LogP contribution in [-0.4, -0.2) is 28.1 Å². The minimum absolute atomic E-state index is 0.0415. The number of hydrogen-bond acceptors (Lipinski definition) is 3. The average Bonchev–Trinajstić information content (AvgIpc) is 2.59. The number of ketones is 1. The molecule has 3 rings (SSSR count). The van der Waals surface area contributed by atoms with Crippen LogP contribution < -0.4 is 4.31 Å². The van der Waals surface area contributed by atoms with Gasteiger partial charge in [-0.15, -0.1) is 0 Å². The Morgan fingerprint density at radius 1 is 1.28 bits per heavy atom. The van der Waals surface area contributed by atoms with Crippen molar-refractivity contribution in [1.82, 2.24) is 0 Å². The molecule has 0 saturated carbocycles. The maximum atomic E-state index is 13.3. The number of carbonyl (C=O) groups is 2. The standard InChI is InChI=1S/C17H11ClFNO4S/c1-20-14-5-3-10(17(22)23)8-11(14)16(21)15(25(20)24)7-9-2-4-13(19)12(18)6-9/h2-8H,1H3,(H,22,23)/b15-7-. The predicted octanol–water partition coefficient (Wildman–Crippen LogP) is 3.51. The first-order valence-electron chi connectivity index (χ1n) is 7.04. The summed E-state index contributed by atoms with van der Waals surface area (Å²) in [5.41, 5.74) is 0.885. The molecule has 2 aromatic rings. The van der Waals surface area contributed by atoms with E-state index in [1.165, 1.54) is 47.8 Å². The molecule has 5 nitrogen and oxygen atoms in total. The summed E-state index contributed by atoms with van der Waals surface area (Å²) in [5, 5.41) is 8.98. The SMILES string of the molecule is CN1c2ccc(C(=O)O)cc2C(=O)/C(=C/c2ccc(F)c(Cl)c2)S1=O. The van der Waals surface area contributed by atoms with Crippen LogP contribution in [0.5, 0.6) is 0 Å². The van der Waals surface area contributed by atoms with Crippen LogP contribution in [0.25, 0.3) is 6.08 Å². The fourth-order valence-corrected chi connectivity index (χ4v) is 3.77. The highest BCUT2D eigenvalue weighted by molar-refractivity contribution is 7.91. The highest BCUT2D eigenvalue weighted by Gasteiger charge is 2.32. The van der Waals surface area contributed by atoms with Gasteiger partial charge < -0.3 is 5.11 Å². The molecule has 1 heterocycles. The molecule has 0 spiro atoms. The number of carboxylic acids is 1. The number of Topliss-reactive ketones (excluding diaryl/α,β-unsaturated/α-hetero) is 1. The zero-order valence-electron chi connectivity index (χ0n) is 12.8. The number of benzene rings is 2. The summed E-state index contributed by atoms with van der Waals surface area (Å²) in [4.78, 5) is 23.8. The van der Waals surface area contributed by atoms with Crippen molar-refractivity contribution in [3.8, 4) is 0 Å². The van der Waals surface area contributed by atoms with Crippen molar-refractivity contribution >= 4 is 46.1 Å². The number of nitrogens with zero attached hydrogens (tertiary/aromatic N) is 1. The number of rotatable bonds is 2. The molecule has 1 aliphatic rings. The summed E-state index contributed by atoms with van der Waals surface area (Å²) >= 11 is 5.73. The second kappa shape index (κ2) is 6.42. The second-order valence-corrected chi connectivity index (χ2v) is 7.19. The van der Waals surface area contributed by atoms with Crippen molar-refractivity contribution in [2.24, 2.45) is 0 Å². The lowest BCUT2D eigenvalue weighted by Crippen LogP contribution is -2.31. The van der Waals surface area contributed by atoms with E-state index in [4.69, 9.17) is 16.7 Å². The highest BCUT2D eigenvalue weighted by Crippen LogP contribution is 2.33. The molecule has 0 aliphatic carbocycles. The number of carbonyl (C=O) groups excluding carboxylic acids is 1. The van der Waals surface area contributed by atoms with Gasteiger partial charge in [-0.1, -0.05) is 17.7 Å². The fourth-order valence-electron chi connectivity index (χ4n) is 2.44. The Kier molecular flexibility index (Phi) is 4.45. The molecule has 25 heavy (non-hydrogen) atoms. The molecule has 0 saturated heterocycles. The van der Waals surface area contributed by atoms with Crippen LogP contribution in [0.3, 0.4) is 0 Å². The van der Waals surface area contributed by atoms with Gasteiger partial charge in [0.2, 0.25) is 5.78 Å². The lowest BCUT2D eigenvalue weighted by molar-refractivity contribution is 0.0697. The van der Waals surface area contributed by atoms with Crippen molar-refractivity contribution in [3.05, 3.63) is 68.8 Å². The molecule has 0 aromatic heterocycles. The van der Waals surface area contributed by atoms with Crippen LogP contribution >= 0.6 is 11.6 Å². The molecule has 1 atom stereocenters. The lowest BCUT2D eigenvalue weighted by atomic mass is 10.0. The molecular weight excluding hydrogens is 369 g/mol.